The molecule has 0 aliphatic heterocycles. The van der Waals surface area contributed by atoms with Gasteiger partial charge >= 0.3 is 0 Å². The van der Waals surface area contributed by atoms with Crippen molar-refractivity contribution in [2.45, 2.75) is 13.8 Å². The molecule has 0 aliphatic rings. The molecule has 154 valence electrons. The largest absolute Gasteiger partial charge is 0.484 e. The van der Waals surface area contributed by atoms with Crippen molar-refractivity contribution in [3.05, 3.63) is 88.4 Å². The molecule has 0 aromatic heterocycles. The van der Waals surface area contributed by atoms with E-state index in [0.29, 0.717) is 23.5 Å². The van der Waals surface area contributed by atoms with E-state index in [1.807, 2.05) is 56.3 Å². The zero-order valence-electron chi connectivity index (χ0n) is 16.9. The van der Waals surface area contributed by atoms with Crippen molar-refractivity contribution < 1.29 is 14.3 Å². The van der Waals surface area contributed by atoms with Gasteiger partial charge in [0.25, 0.3) is 11.8 Å². The van der Waals surface area contributed by atoms with Crippen LogP contribution in [0, 0.1) is 6.92 Å². The number of para-hydroxylation sites is 1. The molecule has 0 heterocycles. The van der Waals surface area contributed by atoms with Crippen LogP contribution in [0.4, 0.5) is 11.4 Å². The molecule has 0 saturated carbocycles. The number of nitrogens with one attached hydrogen (secondary N) is 1. The topological polar surface area (TPSA) is 58.6 Å². The predicted octanol–water partition coefficient (Wildman–Crippen LogP) is 5.44. The third-order valence-corrected chi connectivity index (χ3v) is 5.41. The molecule has 0 aliphatic carbocycles. The SMILES string of the molecule is CCN(C(=O)c1cccc(NC(=O)COc2ccc(Br)c(C)c2)c1)c1ccccc1. The van der Waals surface area contributed by atoms with Crippen molar-refractivity contribution in [3.8, 4) is 5.75 Å². The van der Waals surface area contributed by atoms with Crippen LogP contribution in [0.15, 0.2) is 77.3 Å². The lowest BCUT2D eigenvalue weighted by atomic mass is 10.1. The van der Waals surface area contributed by atoms with Crippen LogP contribution in [-0.2, 0) is 4.79 Å². The second-order valence-electron chi connectivity index (χ2n) is 6.71. The molecule has 0 bridgehead atoms. The number of carbonyl (C=O) groups is 2. The zero-order valence-corrected chi connectivity index (χ0v) is 18.5. The van der Waals surface area contributed by atoms with Gasteiger partial charge < -0.3 is 15.0 Å². The van der Waals surface area contributed by atoms with E-state index < -0.39 is 0 Å². The number of hydrogen-bond donors (Lipinski definition) is 1. The molecule has 0 radical (unpaired) electrons. The zero-order chi connectivity index (χ0) is 21.5. The maximum absolute atomic E-state index is 13.0. The van der Waals surface area contributed by atoms with E-state index in [9.17, 15) is 9.59 Å². The van der Waals surface area contributed by atoms with E-state index in [1.165, 1.54) is 0 Å². The van der Waals surface area contributed by atoms with Crippen LogP contribution in [0.2, 0.25) is 0 Å². The summed E-state index contributed by atoms with van der Waals surface area (Å²) in [5.74, 6) is 0.202. The minimum absolute atomic E-state index is 0.121. The minimum Gasteiger partial charge on any atom is -0.484 e. The van der Waals surface area contributed by atoms with E-state index in [2.05, 4.69) is 21.2 Å². The van der Waals surface area contributed by atoms with Crippen LogP contribution in [0.3, 0.4) is 0 Å². The Hall–Kier alpha value is -3.12. The highest BCUT2D eigenvalue weighted by Crippen LogP contribution is 2.22. The number of ether oxygens (including phenoxy) is 1. The number of nitrogens with zero attached hydrogens (tertiary/aromatic N) is 1. The first-order valence-electron chi connectivity index (χ1n) is 9.63. The summed E-state index contributed by atoms with van der Waals surface area (Å²) in [5.41, 5.74) is 2.91. The molecule has 5 nitrogen and oxygen atoms in total. The fourth-order valence-corrected chi connectivity index (χ4v) is 3.24. The van der Waals surface area contributed by atoms with Crippen molar-refractivity contribution >= 4 is 39.1 Å². The number of aryl methyl sites for hydroxylation is 1. The van der Waals surface area contributed by atoms with Gasteiger partial charge in [-0.05, 0) is 67.9 Å². The number of halogens is 1. The van der Waals surface area contributed by atoms with Crippen molar-refractivity contribution in [2.75, 3.05) is 23.4 Å². The maximum atomic E-state index is 13.0. The van der Waals surface area contributed by atoms with Crippen LogP contribution in [0.25, 0.3) is 0 Å². The number of amides is 2. The van der Waals surface area contributed by atoms with Crippen molar-refractivity contribution in [2.24, 2.45) is 0 Å². The summed E-state index contributed by atoms with van der Waals surface area (Å²) < 4.78 is 6.54. The van der Waals surface area contributed by atoms with Gasteiger partial charge in [0, 0.05) is 28.0 Å². The second-order valence-corrected chi connectivity index (χ2v) is 7.57. The summed E-state index contributed by atoms with van der Waals surface area (Å²) in [6, 6.07) is 22.0. The van der Waals surface area contributed by atoms with E-state index in [1.54, 1.807) is 35.2 Å². The lowest BCUT2D eigenvalue weighted by molar-refractivity contribution is -0.118. The number of rotatable bonds is 7. The average molecular weight is 467 g/mol. The quantitative estimate of drug-likeness (QED) is 0.504. The highest BCUT2D eigenvalue weighted by atomic mass is 79.9. The first-order chi connectivity index (χ1) is 14.5. The molecule has 0 atom stereocenters. The highest BCUT2D eigenvalue weighted by molar-refractivity contribution is 9.10. The van der Waals surface area contributed by atoms with Crippen LogP contribution in [-0.4, -0.2) is 25.0 Å². The standard InChI is InChI=1S/C24H23BrN2O3/c1-3-27(20-10-5-4-6-11-20)24(29)18-8-7-9-19(15-18)26-23(28)16-30-21-12-13-22(25)17(2)14-21/h4-15H,3,16H2,1-2H3,(H,26,28). The lowest BCUT2D eigenvalue weighted by Gasteiger charge is -2.21. The Bertz CT molecular complexity index is 1040. The Morgan fingerprint density at radius 1 is 1.00 bits per heavy atom. The molecule has 6 heteroatoms. The number of anilines is 2. The second kappa shape index (κ2) is 10.1. The maximum Gasteiger partial charge on any atom is 0.262 e. The van der Waals surface area contributed by atoms with E-state index >= 15 is 0 Å². The lowest BCUT2D eigenvalue weighted by Crippen LogP contribution is -2.30. The highest BCUT2D eigenvalue weighted by Gasteiger charge is 2.16. The fraction of sp³-hybridized carbons (Fsp3) is 0.167. The molecule has 0 spiro atoms. The van der Waals surface area contributed by atoms with Crippen molar-refractivity contribution in [1.29, 1.82) is 0 Å². The van der Waals surface area contributed by atoms with E-state index in [-0.39, 0.29) is 18.4 Å². The Kier molecular flexibility index (Phi) is 7.25. The number of hydrogen-bond acceptors (Lipinski definition) is 3. The molecule has 3 rings (SSSR count). The number of benzene rings is 3. The molecule has 0 fully saturated rings. The first-order valence-corrected chi connectivity index (χ1v) is 10.4. The summed E-state index contributed by atoms with van der Waals surface area (Å²) in [6.45, 7) is 4.30. The summed E-state index contributed by atoms with van der Waals surface area (Å²) in [6.07, 6.45) is 0. The van der Waals surface area contributed by atoms with Gasteiger partial charge in [0.15, 0.2) is 6.61 Å². The van der Waals surface area contributed by atoms with Crippen molar-refractivity contribution in [3.63, 3.8) is 0 Å². The summed E-state index contributed by atoms with van der Waals surface area (Å²) in [7, 11) is 0. The Labute approximate surface area is 184 Å². The van der Waals surface area contributed by atoms with Gasteiger partial charge in [-0.1, -0.05) is 40.2 Å². The van der Waals surface area contributed by atoms with Crippen LogP contribution in [0.5, 0.6) is 5.75 Å². The van der Waals surface area contributed by atoms with E-state index in [4.69, 9.17) is 4.74 Å². The van der Waals surface area contributed by atoms with Crippen molar-refractivity contribution in [1.82, 2.24) is 0 Å². The van der Waals surface area contributed by atoms with Crippen LogP contribution in [0.1, 0.15) is 22.8 Å². The molecule has 0 saturated heterocycles. The normalized spacial score (nSPS) is 10.4. The smallest absolute Gasteiger partial charge is 0.262 e. The van der Waals surface area contributed by atoms with E-state index in [0.717, 1.165) is 15.7 Å². The summed E-state index contributed by atoms with van der Waals surface area (Å²) >= 11 is 3.44. The third kappa shape index (κ3) is 5.48. The molecular weight excluding hydrogens is 444 g/mol. The van der Waals surface area contributed by atoms with Gasteiger partial charge in [0.1, 0.15) is 5.75 Å². The molecule has 0 unspecified atom stereocenters. The average Bonchev–Trinajstić information content (AvgIpc) is 2.76. The Balaban J connectivity index is 1.65. The van der Waals surface area contributed by atoms with Gasteiger partial charge in [0.2, 0.25) is 0 Å². The Morgan fingerprint density at radius 3 is 2.47 bits per heavy atom. The Morgan fingerprint density at radius 2 is 1.77 bits per heavy atom. The van der Waals surface area contributed by atoms with Gasteiger partial charge in [-0.15, -0.1) is 0 Å². The first kappa shape index (κ1) is 21.6. The third-order valence-electron chi connectivity index (χ3n) is 4.52. The monoisotopic (exact) mass is 466 g/mol. The predicted molar refractivity (Wildman–Crippen MR) is 123 cm³/mol. The minimum atomic E-state index is -0.296. The molecule has 3 aromatic carbocycles. The molecule has 1 N–H and O–H groups in total. The van der Waals surface area contributed by atoms with Crippen LogP contribution < -0.4 is 15.0 Å². The molecule has 30 heavy (non-hydrogen) atoms. The summed E-state index contributed by atoms with van der Waals surface area (Å²) in [5, 5.41) is 2.79. The fourth-order valence-electron chi connectivity index (χ4n) is 2.99. The van der Waals surface area contributed by atoms with Gasteiger partial charge in [-0.2, -0.15) is 0 Å². The van der Waals surface area contributed by atoms with Gasteiger partial charge in [-0.25, -0.2) is 0 Å². The molecule has 2 amide bonds. The van der Waals surface area contributed by atoms with Crippen LogP contribution >= 0.6 is 15.9 Å². The molecule has 3 aromatic rings. The molecular formula is C24H23BrN2O3. The van der Waals surface area contributed by atoms with Gasteiger partial charge in [0.05, 0.1) is 0 Å². The number of carbonyl (C=O) groups excluding carboxylic acids is 2. The van der Waals surface area contributed by atoms with Gasteiger partial charge in [-0.3, -0.25) is 9.59 Å². The summed E-state index contributed by atoms with van der Waals surface area (Å²) in [4.78, 5) is 27.0.